The summed E-state index contributed by atoms with van der Waals surface area (Å²) >= 11 is 0. The zero-order chi connectivity index (χ0) is 21.5. The summed E-state index contributed by atoms with van der Waals surface area (Å²) in [5.41, 5.74) is 1.19. The van der Waals surface area contributed by atoms with E-state index in [4.69, 9.17) is 9.47 Å². The Morgan fingerprint density at radius 1 is 1.37 bits per heavy atom. The Labute approximate surface area is 173 Å². The summed E-state index contributed by atoms with van der Waals surface area (Å²) in [6.07, 6.45) is 0.176. The zero-order valence-corrected chi connectivity index (χ0v) is 17.0. The van der Waals surface area contributed by atoms with Crippen LogP contribution in [0.3, 0.4) is 0 Å². The molecule has 0 spiro atoms. The summed E-state index contributed by atoms with van der Waals surface area (Å²) in [5.74, 6) is 0.370. The highest BCUT2D eigenvalue weighted by Gasteiger charge is 2.35. The van der Waals surface area contributed by atoms with Gasteiger partial charge < -0.3 is 24.9 Å². The van der Waals surface area contributed by atoms with Gasteiger partial charge in [0.05, 0.1) is 23.5 Å². The topological polar surface area (TPSA) is 114 Å². The van der Waals surface area contributed by atoms with E-state index in [2.05, 4.69) is 15.3 Å². The van der Waals surface area contributed by atoms with Gasteiger partial charge in [0.25, 0.3) is 5.91 Å². The number of Topliss-reactive ketones (excluding diaryl/α,β-unsaturated/α-hetero) is 1. The van der Waals surface area contributed by atoms with Crippen molar-refractivity contribution in [3.63, 3.8) is 0 Å². The molecule has 2 aromatic carbocycles. The standard InChI is InChI=1S/C22H23N3O5/c1-12(21-24-14-6-4-5-7-15(14)25-21)23-19(28)11-29-13-8-16(26)20-17(27)10-22(2,3)30-18(20)9-13/h4-9,12,26H,10-11H2,1-3H3,(H,23,28)(H,24,25)/t12-/m0/s1. The summed E-state index contributed by atoms with van der Waals surface area (Å²) in [6, 6.07) is 10.1. The van der Waals surface area contributed by atoms with Gasteiger partial charge in [-0.2, -0.15) is 0 Å². The van der Waals surface area contributed by atoms with Gasteiger partial charge in [-0.1, -0.05) is 12.1 Å². The summed E-state index contributed by atoms with van der Waals surface area (Å²) in [4.78, 5) is 32.2. The molecule has 8 nitrogen and oxygen atoms in total. The highest BCUT2D eigenvalue weighted by atomic mass is 16.5. The number of hydrogen-bond donors (Lipinski definition) is 3. The van der Waals surface area contributed by atoms with Crippen molar-refractivity contribution >= 4 is 22.7 Å². The number of ketones is 1. The minimum Gasteiger partial charge on any atom is -0.507 e. The van der Waals surface area contributed by atoms with Crippen LogP contribution < -0.4 is 14.8 Å². The fourth-order valence-corrected chi connectivity index (χ4v) is 3.51. The molecule has 1 aliphatic heterocycles. The molecule has 0 unspecified atom stereocenters. The van der Waals surface area contributed by atoms with E-state index in [0.717, 1.165) is 11.0 Å². The minimum atomic E-state index is -0.672. The van der Waals surface area contributed by atoms with Crippen molar-refractivity contribution in [3.8, 4) is 17.2 Å². The predicted molar refractivity (Wildman–Crippen MR) is 110 cm³/mol. The average molecular weight is 409 g/mol. The monoisotopic (exact) mass is 409 g/mol. The molecule has 4 rings (SSSR count). The van der Waals surface area contributed by atoms with Gasteiger partial charge in [0.2, 0.25) is 0 Å². The molecule has 30 heavy (non-hydrogen) atoms. The quantitative estimate of drug-likeness (QED) is 0.596. The molecule has 0 aliphatic carbocycles. The van der Waals surface area contributed by atoms with Crippen molar-refractivity contribution in [3.05, 3.63) is 47.8 Å². The fraction of sp³-hybridized carbons (Fsp3) is 0.318. The summed E-state index contributed by atoms with van der Waals surface area (Å²) in [5, 5.41) is 13.0. The molecule has 1 aromatic heterocycles. The van der Waals surface area contributed by atoms with Crippen molar-refractivity contribution in [1.82, 2.24) is 15.3 Å². The number of imidazole rings is 1. The minimum absolute atomic E-state index is 0.143. The van der Waals surface area contributed by atoms with Crippen LogP contribution in [0.1, 0.15) is 49.4 Å². The van der Waals surface area contributed by atoms with Crippen LogP contribution in [-0.4, -0.2) is 39.0 Å². The van der Waals surface area contributed by atoms with E-state index in [9.17, 15) is 14.7 Å². The first-order chi connectivity index (χ1) is 14.2. The molecule has 0 bridgehead atoms. The molecule has 0 saturated heterocycles. The van der Waals surface area contributed by atoms with E-state index in [1.165, 1.54) is 12.1 Å². The first-order valence-electron chi connectivity index (χ1n) is 9.68. The van der Waals surface area contributed by atoms with Gasteiger partial charge in [0.1, 0.15) is 34.2 Å². The summed E-state index contributed by atoms with van der Waals surface area (Å²) in [6.45, 7) is 5.15. The van der Waals surface area contributed by atoms with E-state index >= 15 is 0 Å². The molecule has 3 N–H and O–H groups in total. The average Bonchev–Trinajstić information content (AvgIpc) is 3.09. The first-order valence-corrected chi connectivity index (χ1v) is 9.68. The zero-order valence-electron chi connectivity index (χ0n) is 17.0. The fourth-order valence-electron chi connectivity index (χ4n) is 3.51. The molecule has 156 valence electrons. The molecule has 0 fully saturated rings. The number of H-pyrrole nitrogens is 1. The first kappa shape index (κ1) is 19.8. The highest BCUT2D eigenvalue weighted by molar-refractivity contribution is 6.03. The number of carbonyl (C=O) groups excluding carboxylic acids is 2. The van der Waals surface area contributed by atoms with Gasteiger partial charge in [0.15, 0.2) is 12.4 Å². The number of carbonyl (C=O) groups is 2. The highest BCUT2D eigenvalue weighted by Crippen LogP contribution is 2.40. The Morgan fingerprint density at radius 2 is 2.13 bits per heavy atom. The third-order valence-corrected chi connectivity index (χ3v) is 4.87. The maximum atomic E-state index is 12.3. The maximum Gasteiger partial charge on any atom is 0.258 e. The third kappa shape index (κ3) is 3.94. The van der Waals surface area contributed by atoms with E-state index < -0.39 is 5.60 Å². The lowest BCUT2D eigenvalue weighted by atomic mass is 9.92. The second kappa shape index (κ2) is 7.37. The lowest BCUT2D eigenvalue weighted by Gasteiger charge is -2.32. The number of phenols is 1. The van der Waals surface area contributed by atoms with Crippen LogP contribution in [-0.2, 0) is 4.79 Å². The van der Waals surface area contributed by atoms with Crippen LogP contribution in [0.2, 0.25) is 0 Å². The van der Waals surface area contributed by atoms with Gasteiger partial charge in [-0.05, 0) is 32.9 Å². The SMILES string of the molecule is C[C@H](NC(=O)COc1cc(O)c2c(c1)OC(C)(C)CC2=O)c1nc2ccccc2[nH]1. The molecule has 0 radical (unpaired) electrons. The van der Waals surface area contributed by atoms with Crippen molar-refractivity contribution in [2.75, 3.05) is 6.61 Å². The van der Waals surface area contributed by atoms with Gasteiger partial charge in [0, 0.05) is 12.1 Å². The second-order valence-corrected chi connectivity index (χ2v) is 7.99. The molecular weight excluding hydrogens is 386 g/mol. The Bertz CT molecular complexity index is 1100. The summed E-state index contributed by atoms with van der Waals surface area (Å²) < 4.78 is 11.3. The third-order valence-electron chi connectivity index (χ3n) is 4.87. The maximum absolute atomic E-state index is 12.3. The number of benzene rings is 2. The molecule has 8 heteroatoms. The van der Waals surface area contributed by atoms with Gasteiger partial charge in [-0.25, -0.2) is 4.98 Å². The number of nitrogens with zero attached hydrogens (tertiary/aromatic N) is 1. The molecule has 3 aromatic rings. The Hall–Kier alpha value is -3.55. The second-order valence-electron chi connectivity index (χ2n) is 7.99. The van der Waals surface area contributed by atoms with Crippen molar-refractivity contribution < 1.29 is 24.2 Å². The molecule has 1 amide bonds. The predicted octanol–water partition coefficient (Wildman–Crippen LogP) is 3.27. The van der Waals surface area contributed by atoms with Crippen LogP contribution in [0.25, 0.3) is 11.0 Å². The van der Waals surface area contributed by atoms with Gasteiger partial charge in [-0.3, -0.25) is 9.59 Å². The number of aromatic amines is 1. The Balaban J connectivity index is 1.41. The van der Waals surface area contributed by atoms with Crippen LogP contribution in [0.4, 0.5) is 0 Å². The number of phenolic OH excluding ortho intramolecular Hbond substituents is 1. The number of hydrogen-bond acceptors (Lipinski definition) is 6. The summed E-state index contributed by atoms with van der Waals surface area (Å²) in [7, 11) is 0. The van der Waals surface area contributed by atoms with E-state index in [-0.39, 0.29) is 53.6 Å². The molecular formula is C22H23N3O5. The van der Waals surface area contributed by atoms with Crippen molar-refractivity contribution in [1.29, 1.82) is 0 Å². The van der Waals surface area contributed by atoms with Gasteiger partial charge >= 0.3 is 0 Å². The lowest BCUT2D eigenvalue weighted by molar-refractivity contribution is -0.123. The number of rotatable bonds is 5. The van der Waals surface area contributed by atoms with E-state index in [1.54, 1.807) is 13.8 Å². The smallest absolute Gasteiger partial charge is 0.258 e. The van der Waals surface area contributed by atoms with Crippen LogP contribution >= 0.6 is 0 Å². The lowest BCUT2D eigenvalue weighted by Crippen LogP contribution is -2.36. The largest absolute Gasteiger partial charge is 0.507 e. The number of ether oxygens (including phenoxy) is 2. The molecule has 1 atom stereocenters. The number of nitrogens with one attached hydrogen (secondary N) is 2. The number of aromatic nitrogens is 2. The van der Waals surface area contributed by atoms with E-state index in [0.29, 0.717) is 5.82 Å². The van der Waals surface area contributed by atoms with Crippen molar-refractivity contribution in [2.24, 2.45) is 0 Å². The normalized spacial score (nSPS) is 15.9. The van der Waals surface area contributed by atoms with Crippen LogP contribution in [0, 0.1) is 0 Å². The molecule has 0 saturated carbocycles. The van der Waals surface area contributed by atoms with Crippen LogP contribution in [0.15, 0.2) is 36.4 Å². The van der Waals surface area contributed by atoms with Gasteiger partial charge in [-0.15, -0.1) is 0 Å². The Kier molecular flexibility index (Phi) is 4.85. The number of fused-ring (bicyclic) bond motifs is 2. The van der Waals surface area contributed by atoms with Crippen molar-refractivity contribution in [2.45, 2.75) is 38.8 Å². The van der Waals surface area contributed by atoms with Crippen LogP contribution in [0.5, 0.6) is 17.2 Å². The number of amides is 1. The van der Waals surface area contributed by atoms with E-state index in [1.807, 2.05) is 31.2 Å². The molecule has 2 heterocycles. The number of para-hydroxylation sites is 2. The Morgan fingerprint density at radius 3 is 2.90 bits per heavy atom. The number of aromatic hydroxyl groups is 1. The molecule has 1 aliphatic rings.